The second-order valence-corrected chi connectivity index (χ2v) is 3.88. The van der Waals surface area contributed by atoms with Crippen LogP contribution < -0.4 is 0 Å². The van der Waals surface area contributed by atoms with Gasteiger partial charge in [0.1, 0.15) is 0 Å². The summed E-state index contributed by atoms with van der Waals surface area (Å²) in [5.74, 6) is -0.107. The van der Waals surface area contributed by atoms with Crippen LogP contribution in [0.3, 0.4) is 0 Å². The van der Waals surface area contributed by atoms with Crippen LogP contribution >= 0.6 is 35.3 Å². The molecule has 0 aromatic heterocycles. The zero-order valence-corrected chi connectivity index (χ0v) is 8.64. The van der Waals surface area contributed by atoms with Gasteiger partial charge in [-0.2, -0.15) is 13.3 Å². The number of rotatable bonds is 1. The van der Waals surface area contributed by atoms with E-state index in [-0.39, 0.29) is 5.78 Å². The zero-order chi connectivity index (χ0) is 9.30. The first-order valence-corrected chi connectivity index (χ1v) is 4.30. The summed E-state index contributed by atoms with van der Waals surface area (Å²) in [4.78, 5) is 11.0. The van der Waals surface area contributed by atoms with Crippen molar-refractivity contribution >= 4 is 41.1 Å². The van der Waals surface area contributed by atoms with E-state index in [1.807, 2.05) is 0 Å². The van der Waals surface area contributed by atoms with Gasteiger partial charge in [-0.3, -0.25) is 4.79 Å². The Morgan fingerprint density at radius 3 is 2.00 bits per heavy atom. The van der Waals surface area contributed by atoms with E-state index in [4.69, 9.17) is 35.3 Å². The van der Waals surface area contributed by atoms with E-state index in [1.54, 1.807) is 0 Å². The summed E-state index contributed by atoms with van der Waals surface area (Å²) in [5.41, 5.74) is 0. The lowest BCUT2D eigenvalue weighted by Gasteiger charge is -2.37. The fourth-order valence-corrected chi connectivity index (χ4v) is 2.15. The summed E-state index contributed by atoms with van der Waals surface area (Å²) in [6.07, 6.45) is -0.594. The Hall–Kier alpha value is 0.420. The molecule has 0 N–H and O–H groups in total. The van der Waals surface area contributed by atoms with Crippen molar-refractivity contribution in [1.29, 1.82) is 0 Å². The van der Waals surface area contributed by atoms with Crippen molar-refractivity contribution in [3.05, 3.63) is 0 Å². The smallest absolute Gasteiger partial charge is 0.164 e. The van der Waals surface area contributed by atoms with Crippen molar-refractivity contribution in [1.82, 2.24) is 13.3 Å². The average molecular weight is 232 g/mol. The van der Waals surface area contributed by atoms with Crippen molar-refractivity contribution in [2.24, 2.45) is 0 Å². The fourth-order valence-electron chi connectivity index (χ4n) is 1.02. The summed E-state index contributed by atoms with van der Waals surface area (Å²) < 4.78 is 3.89. The van der Waals surface area contributed by atoms with Gasteiger partial charge in [-0.1, -0.05) is 0 Å². The maximum Gasteiger partial charge on any atom is 0.164 e. The van der Waals surface area contributed by atoms with E-state index >= 15 is 0 Å². The number of Topliss-reactive ketones (excluding diaryl/α,β-unsaturated/α-hetero) is 1. The monoisotopic (exact) mass is 231 g/mol. The maximum atomic E-state index is 11.0. The Morgan fingerprint density at radius 2 is 1.67 bits per heavy atom. The predicted octanol–water partition coefficient (Wildman–Crippen LogP) is 1.20. The van der Waals surface area contributed by atoms with Gasteiger partial charge in [0.15, 0.2) is 11.9 Å². The maximum absolute atomic E-state index is 11.0. The minimum absolute atomic E-state index is 0.107. The molecule has 0 aromatic carbocycles. The van der Waals surface area contributed by atoms with E-state index in [1.165, 1.54) is 20.2 Å². The van der Waals surface area contributed by atoms with Gasteiger partial charge in [0, 0.05) is 0 Å². The molecule has 0 bridgehead atoms. The Morgan fingerprint density at radius 1 is 1.25 bits per heavy atom. The van der Waals surface area contributed by atoms with Crippen LogP contribution in [0.1, 0.15) is 6.92 Å². The second kappa shape index (κ2) is 4.09. The van der Waals surface area contributed by atoms with Crippen molar-refractivity contribution in [3.63, 3.8) is 0 Å². The van der Waals surface area contributed by atoms with Crippen molar-refractivity contribution in [2.75, 3.05) is 13.3 Å². The summed E-state index contributed by atoms with van der Waals surface area (Å²) in [7, 11) is 0. The quantitative estimate of drug-likeness (QED) is 0.635. The van der Waals surface area contributed by atoms with Gasteiger partial charge in [0.05, 0.1) is 13.3 Å². The van der Waals surface area contributed by atoms with E-state index in [9.17, 15) is 4.79 Å². The fraction of sp³-hybridized carbons (Fsp3) is 0.800. The van der Waals surface area contributed by atoms with Crippen LogP contribution in [0.2, 0.25) is 0 Å². The second-order valence-electron chi connectivity index (χ2n) is 2.53. The molecule has 1 rings (SSSR count). The third-order valence-corrected chi connectivity index (χ3v) is 2.27. The molecule has 0 unspecified atom stereocenters. The van der Waals surface area contributed by atoms with Gasteiger partial charge in [-0.05, 0) is 42.3 Å². The highest BCUT2D eigenvalue weighted by atomic mass is 35.5. The molecule has 70 valence electrons. The standard InChI is InChI=1S/C5H8Cl3N3O/c1-4(12)5-10(7)2-9(6)3-11(5)8/h5H,2-3H2,1H3. The van der Waals surface area contributed by atoms with Crippen LogP contribution in [0.15, 0.2) is 0 Å². The third-order valence-electron chi connectivity index (χ3n) is 1.47. The Bertz CT molecular complexity index is 179. The van der Waals surface area contributed by atoms with Crippen molar-refractivity contribution in [2.45, 2.75) is 13.1 Å². The summed E-state index contributed by atoms with van der Waals surface area (Å²) in [6.45, 7) is 2.03. The van der Waals surface area contributed by atoms with E-state index < -0.39 is 6.17 Å². The number of carbonyl (C=O) groups excluding carboxylic acids is 1. The number of nitrogens with zero attached hydrogens (tertiary/aromatic N) is 3. The molecule has 1 saturated heterocycles. The minimum Gasteiger partial charge on any atom is -0.297 e. The topological polar surface area (TPSA) is 26.8 Å². The number of hydrogen-bond donors (Lipinski definition) is 0. The lowest BCUT2D eigenvalue weighted by atomic mass is 10.3. The molecule has 0 aliphatic carbocycles. The molecule has 0 spiro atoms. The molecule has 0 aromatic rings. The Labute approximate surface area is 85.9 Å². The summed E-state index contributed by atoms with van der Waals surface area (Å²) >= 11 is 17.1. The lowest BCUT2D eigenvalue weighted by Crippen LogP contribution is -2.54. The molecule has 1 aliphatic rings. The molecule has 0 atom stereocenters. The molecule has 1 heterocycles. The molecule has 12 heavy (non-hydrogen) atoms. The van der Waals surface area contributed by atoms with Crippen LogP contribution in [0.4, 0.5) is 0 Å². The molecule has 0 radical (unpaired) electrons. The molecule has 1 fully saturated rings. The first-order valence-electron chi connectivity index (χ1n) is 3.28. The van der Waals surface area contributed by atoms with Gasteiger partial charge in [-0.25, -0.2) is 0 Å². The van der Waals surface area contributed by atoms with Crippen LogP contribution in [-0.4, -0.2) is 38.5 Å². The summed E-state index contributed by atoms with van der Waals surface area (Å²) in [5, 5.41) is 0. The van der Waals surface area contributed by atoms with Gasteiger partial charge in [0.2, 0.25) is 0 Å². The van der Waals surface area contributed by atoms with Crippen LogP contribution in [0.25, 0.3) is 0 Å². The molecule has 1 aliphatic heterocycles. The van der Waals surface area contributed by atoms with Crippen LogP contribution in [0.5, 0.6) is 0 Å². The Kier molecular flexibility index (Phi) is 3.58. The third kappa shape index (κ3) is 2.22. The van der Waals surface area contributed by atoms with Crippen LogP contribution in [-0.2, 0) is 4.79 Å². The lowest BCUT2D eigenvalue weighted by molar-refractivity contribution is -0.127. The zero-order valence-electron chi connectivity index (χ0n) is 6.38. The molecular weight excluding hydrogens is 224 g/mol. The van der Waals surface area contributed by atoms with Gasteiger partial charge in [0.25, 0.3) is 0 Å². The number of carbonyl (C=O) groups is 1. The highest BCUT2D eigenvalue weighted by molar-refractivity contribution is 6.20. The van der Waals surface area contributed by atoms with Gasteiger partial charge >= 0.3 is 0 Å². The average Bonchev–Trinajstić information content (AvgIpc) is 1.82. The molecule has 7 heteroatoms. The first-order chi connectivity index (χ1) is 5.52. The highest BCUT2D eigenvalue weighted by Gasteiger charge is 2.34. The van der Waals surface area contributed by atoms with Crippen molar-refractivity contribution < 1.29 is 4.79 Å². The van der Waals surface area contributed by atoms with Gasteiger partial charge < -0.3 is 0 Å². The molecule has 0 amide bonds. The van der Waals surface area contributed by atoms with E-state index in [2.05, 4.69) is 0 Å². The normalized spacial score (nSPS) is 24.7. The molecule has 4 nitrogen and oxygen atoms in total. The first kappa shape index (κ1) is 10.5. The van der Waals surface area contributed by atoms with E-state index in [0.717, 1.165) is 0 Å². The highest BCUT2D eigenvalue weighted by Crippen LogP contribution is 2.20. The molecular formula is C5H8Cl3N3O. The number of hydrogen-bond acceptors (Lipinski definition) is 4. The number of ketones is 1. The van der Waals surface area contributed by atoms with E-state index in [0.29, 0.717) is 13.3 Å². The van der Waals surface area contributed by atoms with Crippen molar-refractivity contribution in [3.8, 4) is 0 Å². The predicted molar refractivity (Wildman–Crippen MR) is 47.3 cm³/mol. The minimum atomic E-state index is -0.594. The van der Waals surface area contributed by atoms with Crippen LogP contribution in [0, 0.1) is 0 Å². The largest absolute Gasteiger partial charge is 0.297 e. The van der Waals surface area contributed by atoms with Gasteiger partial charge in [-0.15, -0.1) is 0 Å². The number of halogens is 3. The Balaban J connectivity index is 2.66. The molecule has 0 saturated carbocycles. The SMILES string of the molecule is CC(=O)C1N(Cl)CN(Cl)CN1Cl. The summed E-state index contributed by atoms with van der Waals surface area (Å²) in [6, 6.07) is 0.